The van der Waals surface area contributed by atoms with Crippen LogP contribution in [0.1, 0.15) is 5.56 Å². The van der Waals surface area contributed by atoms with E-state index in [0.29, 0.717) is 5.56 Å². The molecule has 3 rings (SSSR count). The molecular formula is C11H11N5. The fourth-order valence-corrected chi connectivity index (χ4v) is 2.02. The van der Waals surface area contributed by atoms with Crippen LogP contribution in [0.25, 0.3) is 0 Å². The molecule has 2 N–H and O–H groups in total. The summed E-state index contributed by atoms with van der Waals surface area (Å²) in [5.41, 5.74) is 2.68. The highest BCUT2D eigenvalue weighted by Crippen LogP contribution is 2.31. The maximum Gasteiger partial charge on any atom is 0.156 e. The second-order valence-corrected chi connectivity index (χ2v) is 3.82. The summed E-state index contributed by atoms with van der Waals surface area (Å²) >= 11 is 0. The van der Waals surface area contributed by atoms with Crippen molar-refractivity contribution in [3.05, 3.63) is 29.7 Å². The Hall–Kier alpha value is -2.06. The molecule has 5 heteroatoms. The predicted octanol–water partition coefficient (Wildman–Crippen LogP) is 0.630. The van der Waals surface area contributed by atoms with Gasteiger partial charge in [0.05, 0.1) is 11.3 Å². The molecule has 16 heavy (non-hydrogen) atoms. The first kappa shape index (κ1) is 9.19. The fourth-order valence-electron chi connectivity index (χ4n) is 2.02. The Morgan fingerprint density at radius 1 is 1.50 bits per heavy atom. The molecule has 80 valence electrons. The zero-order chi connectivity index (χ0) is 11.0. The lowest BCUT2D eigenvalue weighted by atomic mass is 10.2. The van der Waals surface area contributed by atoms with E-state index in [4.69, 9.17) is 5.26 Å². The Labute approximate surface area is 93.4 Å². The standard InChI is InChI=1S/C11H11N5/c12-4-8-3-10-11(15-5-8)16-2-1-13-6-9(16)7-14-10/h3,5,7,13-14H,1-2,6H2. The summed E-state index contributed by atoms with van der Waals surface area (Å²) in [6.07, 6.45) is 3.59. The molecule has 2 aliphatic rings. The molecule has 0 aromatic carbocycles. The van der Waals surface area contributed by atoms with Gasteiger partial charge < -0.3 is 15.5 Å². The Morgan fingerprint density at radius 3 is 3.31 bits per heavy atom. The van der Waals surface area contributed by atoms with Crippen LogP contribution in [0.15, 0.2) is 24.2 Å². The molecule has 0 unspecified atom stereocenters. The third-order valence-corrected chi connectivity index (χ3v) is 2.81. The van der Waals surface area contributed by atoms with Crippen LogP contribution in [-0.2, 0) is 0 Å². The van der Waals surface area contributed by atoms with Gasteiger partial charge in [0.15, 0.2) is 5.82 Å². The van der Waals surface area contributed by atoms with Gasteiger partial charge in [0.1, 0.15) is 6.07 Å². The summed E-state index contributed by atoms with van der Waals surface area (Å²) in [5, 5.41) is 15.3. The van der Waals surface area contributed by atoms with Crippen LogP contribution < -0.4 is 15.5 Å². The molecule has 2 aliphatic heterocycles. The highest BCUT2D eigenvalue weighted by atomic mass is 15.3. The average Bonchev–Trinajstić information content (AvgIpc) is 2.38. The molecule has 3 heterocycles. The van der Waals surface area contributed by atoms with Crippen LogP contribution in [0.5, 0.6) is 0 Å². The number of nitriles is 1. The minimum atomic E-state index is 0.582. The van der Waals surface area contributed by atoms with Gasteiger partial charge in [-0.2, -0.15) is 5.26 Å². The molecule has 0 saturated carbocycles. The second-order valence-electron chi connectivity index (χ2n) is 3.82. The third-order valence-electron chi connectivity index (χ3n) is 2.81. The van der Waals surface area contributed by atoms with Crippen molar-refractivity contribution >= 4 is 11.5 Å². The number of hydrogen-bond acceptors (Lipinski definition) is 5. The monoisotopic (exact) mass is 213 g/mol. The van der Waals surface area contributed by atoms with Crippen molar-refractivity contribution in [3.63, 3.8) is 0 Å². The molecule has 5 nitrogen and oxygen atoms in total. The Kier molecular flexibility index (Phi) is 2.01. The molecule has 1 aromatic heterocycles. The lowest BCUT2D eigenvalue weighted by molar-refractivity contribution is 0.638. The zero-order valence-corrected chi connectivity index (χ0v) is 8.70. The molecule has 1 fully saturated rings. The summed E-state index contributed by atoms with van der Waals surface area (Å²) in [7, 11) is 0. The molecular weight excluding hydrogens is 202 g/mol. The number of piperazine rings is 1. The van der Waals surface area contributed by atoms with E-state index in [9.17, 15) is 0 Å². The average molecular weight is 213 g/mol. The van der Waals surface area contributed by atoms with Crippen LogP contribution in [-0.4, -0.2) is 24.6 Å². The van der Waals surface area contributed by atoms with E-state index in [1.807, 2.05) is 12.3 Å². The number of nitrogens with one attached hydrogen (secondary N) is 2. The fraction of sp³-hybridized carbons (Fsp3) is 0.273. The maximum atomic E-state index is 8.81. The number of anilines is 2. The van der Waals surface area contributed by atoms with Crippen molar-refractivity contribution in [2.45, 2.75) is 0 Å². The van der Waals surface area contributed by atoms with Crippen molar-refractivity contribution in [3.8, 4) is 6.07 Å². The van der Waals surface area contributed by atoms with E-state index in [0.717, 1.165) is 31.1 Å². The summed E-state index contributed by atoms with van der Waals surface area (Å²) in [6.45, 7) is 2.73. The summed E-state index contributed by atoms with van der Waals surface area (Å²) < 4.78 is 0. The quantitative estimate of drug-likeness (QED) is 0.661. The van der Waals surface area contributed by atoms with E-state index in [2.05, 4.69) is 26.6 Å². The zero-order valence-electron chi connectivity index (χ0n) is 8.70. The van der Waals surface area contributed by atoms with Gasteiger partial charge in [-0.25, -0.2) is 4.98 Å². The number of aromatic nitrogens is 1. The lowest BCUT2D eigenvalue weighted by Crippen LogP contribution is -2.44. The minimum absolute atomic E-state index is 0.582. The Balaban J connectivity index is 2.04. The number of pyridine rings is 1. The number of nitrogens with zero attached hydrogens (tertiary/aromatic N) is 3. The molecule has 0 spiro atoms. The molecule has 0 atom stereocenters. The van der Waals surface area contributed by atoms with Crippen molar-refractivity contribution in [1.29, 1.82) is 5.26 Å². The van der Waals surface area contributed by atoms with Gasteiger partial charge in [-0.3, -0.25) is 0 Å². The van der Waals surface area contributed by atoms with Crippen molar-refractivity contribution in [1.82, 2.24) is 10.3 Å². The second kappa shape index (κ2) is 3.51. The Morgan fingerprint density at radius 2 is 2.44 bits per heavy atom. The van der Waals surface area contributed by atoms with Crippen LogP contribution in [0, 0.1) is 11.3 Å². The smallest absolute Gasteiger partial charge is 0.156 e. The van der Waals surface area contributed by atoms with E-state index in [1.54, 1.807) is 6.20 Å². The molecule has 1 aromatic rings. The number of rotatable bonds is 0. The number of hydrogen-bond donors (Lipinski definition) is 2. The van der Waals surface area contributed by atoms with Gasteiger partial charge in [0.25, 0.3) is 0 Å². The normalized spacial score (nSPS) is 17.7. The number of fused-ring (bicyclic) bond motifs is 3. The first-order chi connectivity index (χ1) is 7.88. The summed E-state index contributed by atoms with van der Waals surface area (Å²) in [6, 6.07) is 3.93. The third kappa shape index (κ3) is 1.32. The molecule has 0 bridgehead atoms. The van der Waals surface area contributed by atoms with Gasteiger partial charge in [-0.15, -0.1) is 0 Å². The first-order valence-electron chi connectivity index (χ1n) is 5.22. The highest BCUT2D eigenvalue weighted by Gasteiger charge is 2.23. The van der Waals surface area contributed by atoms with Crippen LogP contribution in [0.4, 0.5) is 11.5 Å². The van der Waals surface area contributed by atoms with E-state index < -0.39 is 0 Å². The Bertz CT molecular complexity index is 500. The maximum absolute atomic E-state index is 8.81. The minimum Gasteiger partial charge on any atom is -0.357 e. The van der Waals surface area contributed by atoms with E-state index in [-0.39, 0.29) is 0 Å². The van der Waals surface area contributed by atoms with Crippen molar-refractivity contribution < 1.29 is 0 Å². The SMILES string of the molecule is N#Cc1cnc2c(c1)NC=C1CNCCN12. The van der Waals surface area contributed by atoms with Crippen LogP contribution in [0.2, 0.25) is 0 Å². The van der Waals surface area contributed by atoms with Gasteiger partial charge in [0, 0.05) is 37.7 Å². The van der Waals surface area contributed by atoms with Crippen molar-refractivity contribution in [2.75, 3.05) is 29.9 Å². The van der Waals surface area contributed by atoms with Gasteiger partial charge in [0.2, 0.25) is 0 Å². The topological polar surface area (TPSA) is 64.0 Å². The molecule has 1 saturated heterocycles. The van der Waals surface area contributed by atoms with Crippen molar-refractivity contribution in [2.24, 2.45) is 0 Å². The predicted molar refractivity (Wildman–Crippen MR) is 60.9 cm³/mol. The molecule has 0 aliphatic carbocycles. The van der Waals surface area contributed by atoms with Gasteiger partial charge in [-0.1, -0.05) is 0 Å². The lowest BCUT2D eigenvalue weighted by Gasteiger charge is -2.35. The van der Waals surface area contributed by atoms with E-state index >= 15 is 0 Å². The molecule has 0 radical (unpaired) electrons. The first-order valence-corrected chi connectivity index (χ1v) is 5.22. The molecule has 0 amide bonds. The van der Waals surface area contributed by atoms with Crippen LogP contribution in [0.3, 0.4) is 0 Å². The largest absolute Gasteiger partial charge is 0.357 e. The summed E-state index contributed by atoms with van der Waals surface area (Å²) in [5.74, 6) is 0.915. The van der Waals surface area contributed by atoms with Gasteiger partial charge >= 0.3 is 0 Å². The summed E-state index contributed by atoms with van der Waals surface area (Å²) in [4.78, 5) is 6.53. The highest BCUT2D eigenvalue weighted by molar-refractivity contribution is 5.74. The van der Waals surface area contributed by atoms with E-state index in [1.165, 1.54) is 5.70 Å². The van der Waals surface area contributed by atoms with Crippen LogP contribution >= 0.6 is 0 Å². The van der Waals surface area contributed by atoms with Gasteiger partial charge in [-0.05, 0) is 6.07 Å².